The Morgan fingerprint density at radius 2 is 2.33 bits per heavy atom. The maximum atomic E-state index is 10.6. The lowest BCUT2D eigenvalue weighted by Crippen LogP contribution is -2.20. The summed E-state index contributed by atoms with van der Waals surface area (Å²) in [5.41, 5.74) is 0.836. The monoisotopic (exact) mass is 208 g/mol. The number of rotatable bonds is 2. The Labute approximate surface area is 86.9 Å². The molecule has 2 atom stereocenters. The number of benzene rings is 1. The molecule has 0 aromatic heterocycles. The molecule has 1 aliphatic rings. The van der Waals surface area contributed by atoms with Crippen LogP contribution in [-0.4, -0.2) is 22.7 Å². The maximum absolute atomic E-state index is 10.6. The lowest BCUT2D eigenvalue weighted by atomic mass is 10.0. The molecule has 0 amide bonds. The van der Waals surface area contributed by atoms with Crippen molar-refractivity contribution in [1.29, 1.82) is 0 Å². The number of nitrogens with zero attached hydrogens (tertiary/aromatic N) is 1. The first-order valence-electron chi connectivity index (χ1n) is 4.84. The highest BCUT2D eigenvalue weighted by Gasteiger charge is 2.26. The molecular weight excluding hydrogens is 196 g/mol. The molecular formula is C10H12N2O3. The highest BCUT2D eigenvalue weighted by Crippen LogP contribution is 2.26. The van der Waals surface area contributed by atoms with Crippen LogP contribution < -0.4 is 5.32 Å². The van der Waals surface area contributed by atoms with E-state index in [-0.39, 0.29) is 11.7 Å². The van der Waals surface area contributed by atoms with Gasteiger partial charge in [0.1, 0.15) is 0 Å². The summed E-state index contributed by atoms with van der Waals surface area (Å²) in [4.78, 5) is 10.1. The van der Waals surface area contributed by atoms with E-state index >= 15 is 0 Å². The minimum Gasteiger partial charge on any atom is -0.391 e. The lowest BCUT2D eigenvalue weighted by Gasteiger charge is -2.14. The fraction of sp³-hybridized carbons (Fsp3) is 0.400. The van der Waals surface area contributed by atoms with Crippen LogP contribution in [0.25, 0.3) is 0 Å². The number of non-ortho nitro benzene ring substituents is 1. The van der Waals surface area contributed by atoms with E-state index in [0.29, 0.717) is 6.42 Å². The zero-order valence-electron chi connectivity index (χ0n) is 8.09. The Morgan fingerprint density at radius 3 is 2.93 bits per heavy atom. The molecule has 1 heterocycles. The molecule has 1 aromatic carbocycles. The first-order chi connectivity index (χ1) is 7.18. The number of aliphatic hydroxyl groups is 1. The van der Waals surface area contributed by atoms with Crippen LogP contribution in [0, 0.1) is 10.1 Å². The van der Waals surface area contributed by atoms with E-state index in [1.54, 1.807) is 12.1 Å². The molecule has 0 spiro atoms. The van der Waals surface area contributed by atoms with Gasteiger partial charge in [0, 0.05) is 12.1 Å². The SMILES string of the molecule is O=[N+]([O-])c1cccc([C@@H]2NCC[C@@H]2O)c1. The molecule has 80 valence electrons. The second-order valence-corrected chi connectivity index (χ2v) is 3.64. The molecule has 5 heteroatoms. The van der Waals surface area contributed by atoms with Gasteiger partial charge in [0.2, 0.25) is 0 Å². The molecule has 0 aliphatic carbocycles. The van der Waals surface area contributed by atoms with Gasteiger partial charge in [-0.25, -0.2) is 0 Å². The average Bonchev–Trinajstić information content (AvgIpc) is 2.64. The van der Waals surface area contributed by atoms with E-state index in [1.807, 2.05) is 0 Å². The number of aliphatic hydroxyl groups excluding tert-OH is 1. The molecule has 2 rings (SSSR count). The van der Waals surface area contributed by atoms with Crippen molar-refractivity contribution in [3.8, 4) is 0 Å². The molecule has 0 bridgehead atoms. The van der Waals surface area contributed by atoms with Gasteiger partial charge in [0.05, 0.1) is 17.1 Å². The van der Waals surface area contributed by atoms with Crippen molar-refractivity contribution < 1.29 is 10.0 Å². The third-order valence-corrected chi connectivity index (χ3v) is 2.63. The smallest absolute Gasteiger partial charge is 0.269 e. The summed E-state index contributed by atoms with van der Waals surface area (Å²) in [6, 6.07) is 6.21. The minimum atomic E-state index is -0.452. The van der Waals surface area contributed by atoms with Gasteiger partial charge in [-0.2, -0.15) is 0 Å². The Kier molecular flexibility index (Phi) is 2.66. The molecule has 0 saturated carbocycles. The second-order valence-electron chi connectivity index (χ2n) is 3.64. The third-order valence-electron chi connectivity index (χ3n) is 2.63. The highest BCUT2D eigenvalue weighted by atomic mass is 16.6. The number of nitro groups is 1. The predicted molar refractivity (Wildman–Crippen MR) is 54.5 cm³/mol. The lowest BCUT2D eigenvalue weighted by molar-refractivity contribution is -0.384. The van der Waals surface area contributed by atoms with Gasteiger partial charge < -0.3 is 10.4 Å². The number of hydrogen-bond acceptors (Lipinski definition) is 4. The maximum Gasteiger partial charge on any atom is 0.269 e. The van der Waals surface area contributed by atoms with Crippen LogP contribution in [0.3, 0.4) is 0 Å². The summed E-state index contributed by atoms with van der Waals surface area (Å²) in [6.45, 7) is 0.745. The molecule has 2 N–H and O–H groups in total. The van der Waals surface area contributed by atoms with Gasteiger partial charge in [-0.1, -0.05) is 12.1 Å². The molecule has 15 heavy (non-hydrogen) atoms. The van der Waals surface area contributed by atoms with Crippen molar-refractivity contribution in [1.82, 2.24) is 5.32 Å². The molecule has 0 unspecified atom stereocenters. The second kappa shape index (κ2) is 3.96. The molecule has 1 fully saturated rings. The van der Waals surface area contributed by atoms with E-state index in [9.17, 15) is 15.2 Å². The third kappa shape index (κ3) is 1.98. The van der Waals surface area contributed by atoms with E-state index in [4.69, 9.17) is 0 Å². The summed E-state index contributed by atoms with van der Waals surface area (Å²) in [6.07, 6.45) is 0.236. The standard InChI is InChI=1S/C10H12N2O3/c13-9-4-5-11-10(9)7-2-1-3-8(6-7)12(14)15/h1-3,6,9-11,13H,4-5H2/t9-,10-/m0/s1. The first kappa shape index (κ1) is 10.1. The Hall–Kier alpha value is -1.46. The van der Waals surface area contributed by atoms with Crippen LogP contribution in [-0.2, 0) is 0 Å². The minimum absolute atomic E-state index is 0.0633. The Balaban J connectivity index is 2.28. The van der Waals surface area contributed by atoms with Gasteiger partial charge >= 0.3 is 0 Å². The van der Waals surface area contributed by atoms with Gasteiger partial charge in [-0.05, 0) is 18.5 Å². The topological polar surface area (TPSA) is 75.4 Å². The van der Waals surface area contributed by atoms with Crippen LogP contribution in [0.2, 0.25) is 0 Å². The molecule has 0 radical (unpaired) electrons. The van der Waals surface area contributed by atoms with Gasteiger partial charge in [-0.15, -0.1) is 0 Å². The summed E-state index contributed by atoms with van der Waals surface area (Å²) < 4.78 is 0. The summed E-state index contributed by atoms with van der Waals surface area (Å²) in [5.74, 6) is 0. The van der Waals surface area contributed by atoms with Crippen LogP contribution in [0.1, 0.15) is 18.0 Å². The quantitative estimate of drug-likeness (QED) is 0.561. The number of nitro benzene ring substituents is 1. The fourth-order valence-corrected chi connectivity index (χ4v) is 1.86. The molecule has 1 aliphatic heterocycles. The van der Waals surface area contributed by atoms with Crippen LogP contribution in [0.5, 0.6) is 0 Å². The van der Waals surface area contributed by atoms with Gasteiger partial charge in [0.15, 0.2) is 0 Å². The van der Waals surface area contributed by atoms with Crippen molar-refractivity contribution in [3.05, 3.63) is 39.9 Å². The van der Waals surface area contributed by atoms with Crippen molar-refractivity contribution >= 4 is 5.69 Å². The average molecular weight is 208 g/mol. The zero-order valence-corrected chi connectivity index (χ0v) is 8.09. The number of hydrogen-bond donors (Lipinski definition) is 2. The van der Waals surface area contributed by atoms with Crippen molar-refractivity contribution in [3.63, 3.8) is 0 Å². The summed E-state index contributed by atoms with van der Waals surface area (Å²) in [7, 11) is 0. The van der Waals surface area contributed by atoms with Gasteiger partial charge in [0.25, 0.3) is 5.69 Å². The normalized spacial score (nSPS) is 25.4. The van der Waals surface area contributed by atoms with Gasteiger partial charge in [-0.3, -0.25) is 10.1 Å². The Bertz CT molecular complexity index is 381. The largest absolute Gasteiger partial charge is 0.391 e. The van der Waals surface area contributed by atoms with Crippen LogP contribution >= 0.6 is 0 Å². The van der Waals surface area contributed by atoms with E-state index in [2.05, 4.69) is 5.32 Å². The molecule has 1 aromatic rings. The predicted octanol–water partition coefficient (Wildman–Crippen LogP) is 0.990. The Morgan fingerprint density at radius 1 is 1.53 bits per heavy atom. The highest BCUT2D eigenvalue weighted by molar-refractivity contribution is 5.36. The fourth-order valence-electron chi connectivity index (χ4n) is 1.86. The van der Waals surface area contributed by atoms with Crippen molar-refractivity contribution in [2.45, 2.75) is 18.6 Å². The van der Waals surface area contributed by atoms with Crippen molar-refractivity contribution in [2.75, 3.05) is 6.54 Å². The van der Waals surface area contributed by atoms with Crippen LogP contribution in [0.4, 0.5) is 5.69 Å². The zero-order chi connectivity index (χ0) is 10.8. The first-order valence-corrected chi connectivity index (χ1v) is 4.84. The summed E-state index contributed by atoms with van der Waals surface area (Å²) in [5, 5.41) is 23.3. The van der Waals surface area contributed by atoms with E-state index in [1.165, 1.54) is 12.1 Å². The van der Waals surface area contributed by atoms with Crippen molar-refractivity contribution in [2.24, 2.45) is 0 Å². The van der Waals surface area contributed by atoms with Crippen LogP contribution in [0.15, 0.2) is 24.3 Å². The van der Waals surface area contributed by atoms with E-state index < -0.39 is 11.0 Å². The molecule has 5 nitrogen and oxygen atoms in total. The molecule has 1 saturated heterocycles. The van der Waals surface area contributed by atoms with E-state index in [0.717, 1.165) is 12.1 Å². The number of nitrogens with one attached hydrogen (secondary N) is 1. The summed E-state index contributed by atoms with van der Waals surface area (Å²) >= 11 is 0.